The Labute approximate surface area is 156 Å². The van der Waals surface area contributed by atoms with Crippen molar-refractivity contribution < 1.29 is 14.6 Å². The summed E-state index contributed by atoms with van der Waals surface area (Å²) in [5.41, 5.74) is 0.318. The molecule has 0 unspecified atom stereocenters. The molecule has 1 aromatic heterocycles. The number of likely N-dealkylation sites (tertiary alicyclic amines) is 1. The number of aromatic nitrogens is 1. The van der Waals surface area contributed by atoms with E-state index < -0.39 is 11.2 Å². The van der Waals surface area contributed by atoms with Crippen molar-refractivity contribution in [3.63, 3.8) is 0 Å². The van der Waals surface area contributed by atoms with Crippen molar-refractivity contribution in [3.05, 3.63) is 29.6 Å². The molecule has 2 fully saturated rings. The second-order valence-electron chi connectivity index (χ2n) is 10.2. The summed E-state index contributed by atoms with van der Waals surface area (Å²) in [6.45, 7) is 13.3. The minimum atomic E-state index is -0.902. The molecule has 1 spiro atoms. The molecule has 1 saturated carbocycles. The first-order valence-corrected chi connectivity index (χ1v) is 9.50. The lowest BCUT2D eigenvalue weighted by molar-refractivity contribution is -0.0486. The number of nitrogens with zero attached hydrogens (tertiary/aromatic N) is 2. The molecule has 1 amide bonds. The zero-order valence-corrected chi connectivity index (χ0v) is 16.9. The molecule has 0 bridgehead atoms. The summed E-state index contributed by atoms with van der Waals surface area (Å²) < 4.78 is 5.45. The summed E-state index contributed by atoms with van der Waals surface area (Å²) in [5, 5.41) is 11.3. The van der Waals surface area contributed by atoms with Gasteiger partial charge in [0.1, 0.15) is 11.2 Å². The SMILES string of the molecule is CC(C)(C)OC(=O)N1CC2(CC[C@](O)(c3cccc(C(C)(C)C)n3)C2)C1. The van der Waals surface area contributed by atoms with Gasteiger partial charge in [-0.2, -0.15) is 0 Å². The Balaban J connectivity index is 1.69. The van der Waals surface area contributed by atoms with Gasteiger partial charge in [0.15, 0.2) is 0 Å². The highest BCUT2D eigenvalue weighted by Crippen LogP contribution is 2.53. The Morgan fingerprint density at radius 2 is 1.81 bits per heavy atom. The number of hydrogen-bond acceptors (Lipinski definition) is 4. The van der Waals surface area contributed by atoms with Crippen LogP contribution in [-0.4, -0.2) is 39.8 Å². The van der Waals surface area contributed by atoms with E-state index in [0.717, 1.165) is 17.8 Å². The van der Waals surface area contributed by atoms with Gasteiger partial charge >= 0.3 is 6.09 Å². The fourth-order valence-corrected chi connectivity index (χ4v) is 4.09. The molecule has 144 valence electrons. The Hall–Kier alpha value is -1.62. The Morgan fingerprint density at radius 3 is 2.38 bits per heavy atom. The Morgan fingerprint density at radius 1 is 1.15 bits per heavy atom. The molecule has 2 aliphatic rings. The number of aliphatic hydroxyl groups is 1. The van der Waals surface area contributed by atoms with Crippen LogP contribution in [0.1, 0.15) is 72.2 Å². The van der Waals surface area contributed by atoms with Gasteiger partial charge in [-0.3, -0.25) is 4.98 Å². The molecule has 1 saturated heterocycles. The van der Waals surface area contributed by atoms with Crippen LogP contribution in [0.15, 0.2) is 18.2 Å². The van der Waals surface area contributed by atoms with E-state index in [1.165, 1.54) is 0 Å². The number of amides is 1. The van der Waals surface area contributed by atoms with Crippen LogP contribution >= 0.6 is 0 Å². The zero-order valence-electron chi connectivity index (χ0n) is 16.9. The number of pyridine rings is 1. The molecular formula is C21H32N2O3. The number of carbonyl (C=O) groups excluding carboxylic acids is 1. The van der Waals surface area contributed by atoms with E-state index in [1.807, 2.05) is 39.0 Å². The van der Waals surface area contributed by atoms with Gasteiger partial charge in [0.2, 0.25) is 0 Å². The molecule has 3 rings (SSSR count). The highest BCUT2D eigenvalue weighted by molar-refractivity contribution is 5.69. The molecule has 0 radical (unpaired) electrons. The topological polar surface area (TPSA) is 62.7 Å². The van der Waals surface area contributed by atoms with Gasteiger partial charge in [0.25, 0.3) is 0 Å². The maximum absolute atomic E-state index is 12.2. The highest BCUT2D eigenvalue weighted by atomic mass is 16.6. The maximum atomic E-state index is 12.2. The second kappa shape index (κ2) is 5.95. The van der Waals surface area contributed by atoms with Crippen LogP contribution in [0.25, 0.3) is 0 Å². The van der Waals surface area contributed by atoms with E-state index in [-0.39, 0.29) is 16.9 Å². The predicted molar refractivity (Wildman–Crippen MR) is 101 cm³/mol. The number of ether oxygens (including phenoxy) is 1. The molecule has 5 heteroatoms. The minimum absolute atomic E-state index is 0.00886. The summed E-state index contributed by atoms with van der Waals surface area (Å²) in [4.78, 5) is 18.7. The lowest BCUT2D eigenvalue weighted by Gasteiger charge is -2.48. The Bertz CT molecular complexity index is 696. The second-order valence-corrected chi connectivity index (χ2v) is 10.2. The van der Waals surface area contributed by atoms with E-state index in [0.29, 0.717) is 25.9 Å². The lowest BCUT2D eigenvalue weighted by atomic mass is 9.76. The smallest absolute Gasteiger partial charge is 0.410 e. The van der Waals surface area contributed by atoms with E-state index in [1.54, 1.807) is 4.90 Å². The molecule has 1 aliphatic heterocycles. The van der Waals surface area contributed by atoms with Crippen LogP contribution in [0, 0.1) is 5.41 Å². The third-order valence-corrected chi connectivity index (χ3v) is 5.43. The van der Waals surface area contributed by atoms with Gasteiger partial charge in [-0.1, -0.05) is 26.8 Å². The summed E-state index contributed by atoms with van der Waals surface area (Å²) in [5.74, 6) is 0. The first-order valence-electron chi connectivity index (χ1n) is 9.50. The van der Waals surface area contributed by atoms with Gasteiger partial charge < -0.3 is 14.7 Å². The third kappa shape index (κ3) is 3.73. The van der Waals surface area contributed by atoms with Crippen molar-refractivity contribution in [1.29, 1.82) is 0 Å². The van der Waals surface area contributed by atoms with Crippen molar-refractivity contribution in [3.8, 4) is 0 Å². The normalized spacial score (nSPS) is 25.3. The molecule has 1 N–H and O–H groups in total. The van der Waals surface area contributed by atoms with Crippen molar-refractivity contribution in [2.24, 2.45) is 5.41 Å². The standard InChI is InChI=1S/C21H32N2O3/c1-18(2,3)15-8-7-9-16(22-15)21(25)11-10-20(12-21)13-23(14-20)17(24)26-19(4,5)6/h7-9,25H,10-14H2,1-6H3/t21-/m1/s1. The van der Waals surface area contributed by atoms with Gasteiger partial charge in [-0.25, -0.2) is 4.79 Å². The van der Waals surface area contributed by atoms with Crippen LogP contribution in [0.4, 0.5) is 4.79 Å². The first kappa shape index (κ1) is 19.2. The molecule has 5 nitrogen and oxygen atoms in total. The number of carbonyl (C=O) groups is 1. The summed E-state index contributed by atoms with van der Waals surface area (Å²) in [6.07, 6.45) is 1.99. The zero-order chi connectivity index (χ0) is 19.4. The summed E-state index contributed by atoms with van der Waals surface area (Å²) in [7, 11) is 0. The first-order chi connectivity index (χ1) is 11.8. The van der Waals surface area contributed by atoms with Crippen molar-refractivity contribution in [2.75, 3.05) is 13.1 Å². The fourth-order valence-electron chi connectivity index (χ4n) is 4.09. The van der Waals surface area contributed by atoms with Crippen molar-refractivity contribution in [1.82, 2.24) is 9.88 Å². The fraction of sp³-hybridized carbons (Fsp3) is 0.714. The molecule has 2 heterocycles. The highest BCUT2D eigenvalue weighted by Gasteiger charge is 2.56. The van der Waals surface area contributed by atoms with E-state index >= 15 is 0 Å². The largest absolute Gasteiger partial charge is 0.444 e. The third-order valence-electron chi connectivity index (χ3n) is 5.43. The molecule has 1 aromatic rings. The molecule has 26 heavy (non-hydrogen) atoms. The quantitative estimate of drug-likeness (QED) is 0.822. The number of rotatable bonds is 1. The van der Waals surface area contributed by atoms with E-state index in [4.69, 9.17) is 9.72 Å². The molecule has 1 atom stereocenters. The van der Waals surface area contributed by atoms with Crippen LogP contribution in [0.3, 0.4) is 0 Å². The van der Waals surface area contributed by atoms with Gasteiger partial charge in [0, 0.05) is 29.6 Å². The summed E-state index contributed by atoms with van der Waals surface area (Å²) >= 11 is 0. The molecular weight excluding hydrogens is 328 g/mol. The van der Waals surface area contributed by atoms with Crippen molar-refractivity contribution >= 4 is 6.09 Å². The molecule has 1 aliphatic carbocycles. The van der Waals surface area contributed by atoms with Crippen LogP contribution in [0.5, 0.6) is 0 Å². The molecule has 0 aromatic carbocycles. The average molecular weight is 360 g/mol. The van der Waals surface area contributed by atoms with Gasteiger partial charge in [0.05, 0.1) is 5.69 Å². The van der Waals surface area contributed by atoms with Crippen LogP contribution in [-0.2, 0) is 15.8 Å². The van der Waals surface area contributed by atoms with Crippen LogP contribution in [0.2, 0.25) is 0 Å². The Kier molecular flexibility index (Phi) is 4.38. The monoisotopic (exact) mass is 360 g/mol. The van der Waals surface area contributed by atoms with Gasteiger partial charge in [-0.15, -0.1) is 0 Å². The van der Waals surface area contributed by atoms with Crippen LogP contribution < -0.4 is 0 Å². The minimum Gasteiger partial charge on any atom is -0.444 e. The van der Waals surface area contributed by atoms with E-state index in [9.17, 15) is 9.90 Å². The average Bonchev–Trinajstić information content (AvgIpc) is 2.83. The lowest BCUT2D eigenvalue weighted by Crippen LogP contribution is -2.58. The van der Waals surface area contributed by atoms with Gasteiger partial charge in [-0.05, 0) is 52.2 Å². The predicted octanol–water partition coefficient (Wildman–Crippen LogP) is 3.99. The summed E-state index contributed by atoms with van der Waals surface area (Å²) in [6, 6.07) is 5.93. The maximum Gasteiger partial charge on any atom is 0.410 e. The van der Waals surface area contributed by atoms with Crippen molar-refractivity contribution in [2.45, 2.75) is 77.4 Å². The number of hydrogen-bond donors (Lipinski definition) is 1. The van der Waals surface area contributed by atoms with E-state index in [2.05, 4.69) is 20.8 Å².